The molecule has 3 rings (SSSR count). The van der Waals surface area contributed by atoms with Crippen LogP contribution < -0.4 is 14.2 Å². The van der Waals surface area contributed by atoms with E-state index in [0.29, 0.717) is 45.6 Å². The Balaban J connectivity index is 1.73. The van der Waals surface area contributed by atoms with Crippen molar-refractivity contribution in [3.8, 4) is 17.2 Å². The maximum atomic E-state index is 12.2. The molecule has 0 bridgehead atoms. The van der Waals surface area contributed by atoms with Crippen LogP contribution >= 0.6 is 35.6 Å². The minimum atomic E-state index is -0.132. The van der Waals surface area contributed by atoms with E-state index < -0.39 is 0 Å². The van der Waals surface area contributed by atoms with E-state index in [2.05, 4.69) is 0 Å². The Labute approximate surface area is 190 Å². The molecule has 1 aliphatic heterocycles. The molecule has 0 N–H and O–H groups in total. The van der Waals surface area contributed by atoms with Crippen LogP contribution in [0.2, 0.25) is 5.02 Å². The number of halogens is 1. The Kier molecular flexibility index (Phi) is 7.64. The fraction of sp³-hybridized carbons (Fsp3) is 0.273. The number of carbonyl (C=O) groups is 1. The Morgan fingerprint density at radius 1 is 1.13 bits per heavy atom. The van der Waals surface area contributed by atoms with Crippen LogP contribution in [0.3, 0.4) is 0 Å². The van der Waals surface area contributed by atoms with E-state index in [1.165, 1.54) is 16.7 Å². The smallest absolute Gasteiger partial charge is 0.265 e. The lowest BCUT2D eigenvalue weighted by atomic mass is 10.1. The van der Waals surface area contributed by atoms with Gasteiger partial charge in [-0.25, -0.2) is 0 Å². The van der Waals surface area contributed by atoms with E-state index in [0.717, 1.165) is 16.9 Å². The topological polar surface area (TPSA) is 48.0 Å². The average Bonchev–Trinajstić information content (AvgIpc) is 2.95. The monoisotopic (exact) mass is 463 g/mol. The summed E-state index contributed by atoms with van der Waals surface area (Å²) < 4.78 is 17.9. The van der Waals surface area contributed by atoms with Crippen molar-refractivity contribution in [2.75, 3.05) is 26.9 Å². The van der Waals surface area contributed by atoms with E-state index >= 15 is 0 Å². The van der Waals surface area contributed by atoms with Crippen LogP contribution in [0.15, 0.2) is 41.3 Å². The van der Waals surface area contributed by atoms with Crippen LogP contribution in [0.1, 0.15) is 18.1 Å². The molecule has 0 aliphatic carbocycles. The number of hydrogen-bond acceptors (Lipinski definition) is 6. The molecule has 30 heavy (non-hydrogen) atoms. The number of benzene rings is 2. The van der Waals surface area contributed by atoms with E-state index in [-0.39, 0.29) is 5.91 Å². The number of thiocarbonyl (C=S) groups is 1. The molecule has 0 atom stereocenters. The molecule has 1 heterocycles. The molecule has 158 valence electrons. The van der Waals surface area contributed by atoms with E-state index in [1.807, 2.05) is 38.1 Å². The Morgan fingerprint density at radius 3 is 2.53 bits per heavy atom. The molecule has 8 heteroatoms. The fourth-order valence-electron chi connectivity index (χ4n) is 2.78. The molecule has 0 spiro atoms. The first-order valence-electron chi connectivity index (χ1n) is 9.39. The lowest BCUT2D eigenvalue weighted by Gasteiger charge is -2.15. The van der Waals surface area contributed by atoms with Gasteiger partial charge in [0.2, 0.25) is 0 Å². The summed E-state index contributed by atoms with van der Waals surface area (Å²) in [6, 6.07) is 11.3. The lowest BCUT2D eigenvalue weighted by molar-refractivity contribution is -0.121. The van der Waals surface area contributed by atoms with Crippen molar-refractivity contribution < 1.29 is 19.0 Å². The minimum Gasteiger partial charge on any atom is -0.490 e. The molecule has 0 saturated carbocycles. The van der Waals surface area contributed by atoms with Crippen LogP contribution in [0, 0.1) is 6.92 Å². The summed E-state index contributed by atoms with van der Waals surface area (Å²) in [5.74, 6) is 1.65. The van der Waals surface area contributed by atoms with Gasteiger partial charge in [0.1, 0.15) is 23.3 Å². The first kappa shape index (κ1) is 22.5. The van der Waals surface area contributed by atoms with Gasteiger partial charge in [0, 0.05) is 7.05 Å². The third-order valence-electron chi connectivity index (χ3n) is 4.30. The second-order valence-electron chi connectivity index (χ2n) is 6.47. The van der Waals surface area contributed by atoms with Crippen LogP contribution in [0.25, 0.3) is 6.08 Å². The Bertz CT molecular complexity index is 993. The molecule has 2 aromatic rings. The van der Waals surface area contributed by atoms with Crippen molar-refractivity contribution in [3.63, 3.8) is 0 Å². The lowest BCUT2D eigenvalue weighted by Crippen LogP contribution is -2.22. The molecular formula is C22H22ClNO4S2. The number of aryl methyl sites for hydroxylation is 1. The number of rotatable bonds is 8. The molecule has 2 aromatic carbocycles. The van der Waals surface area contributed by atoms with E-state index in [1.54, 1.807) is 25.3 Å². The molecule has 1 fully saturated rings. The molecular weight excluding hydrogens is 442 g/mol. The highest BCUT2D eigenvalue weighted by Gasteiger charge is 2.28. The third-order valence-corrected chi connectivity index (χ3v) is 6.06. The van der Waals surface area contributed by atoms with Crippen molar-refractivity contribution >= 4 is 51.9 Å². The first-order valence-corrected chi connectivity index (χ1v) is 11.0. The number of carbonyl (C=O) groups excluding carboxylic acids is 1. The molecule has 1 amide bonds. The predicted molar refractivity (Wildman–Crippen MR) is 126 cm³/mol. The van der Waals surface area contributed by atoms with Gasteiger partial charge < -0.3 is 14.2 Å². The highest BCUT2D eigenvalue weighted by molar-refractivity contribution is 8.26. The van der Waals surface area contributed by atoms with E-state index in [9.17, 15) is 4.79 Å². The number of hydrogen-bond donors (Lipinski definition) is 0. The summed E-state index contributed by atoms with van der Waals surface area (Å²) in [7, 11) is 1.66. The maximum Gasteiger partial charge on any atom is 0.265 e. The zero-order chi connectivity index (χ0) is 21.7. The van der Waals surface area contributed by atoms with Crippen LogP contribution in [-0.4, -0.2) is 42.0 Å². The number of nitrogens with zero attached hydrogens (tertiary/aromatic N) is 1. The maximum absolute atomic E-state index is 12.2. The minimum absolute atomic E-state index is 0.132. The Hall–Kier alpha value is -2.22. The molecule has 5 nitrogen and oxygen atoms in total. The largest absolute Gasteiger partial charge is 0.490 e. The molecule has 1 aliphatic rings. The number of para-hydroxylation sites is 1. The predicted octanol–water partition coefficient (Wildman–Crippen LogP) is 5.34. The third kappa shape index (κ3) is 5.28. The van der Waals surface area contributed by atoms with Crippen molar-refractivity contribution in [1.82, 2.24) is 4.90 Å². The van der Waals surface area contributed by atoms with E-state index in [4.69, 9.17) is 38.0 Å². The zero-order valence-corrected chi connectivity index (χ0v) is 19.3. The summed E-state index contributed by atoms with van der Waals surface area (Å²) in [6.07, 6.45) is 1.75. The Morgan fingerprint density at radius 2 is 1.87 bits per heavy atom. The van der Waals surface area contributed by atoms with Gasteiger partial charge in [-0.05, 0) is 49.2 Å². The number of ether oxygens (including phenoxy) is 3. The quantitative estimate of drug-likeness (QED) is 0.299. The average molecular weight is 464 g/mol. The number of amides is 1. The molecule has 0 aromatic heterocycles. The van der Waals surface area contributed by atoms with Crippen molar-refractivity contribution in [2.45, 2.75) is 13.8 Å². The van der Waals surface area contributed by atoms with Crippen molar-refractivity contribution in [3.05, 3.63) is 57.5 Å². The molecule has 0 radical (unpaired) electrons. The van der Waals surface area contributed by atoms with Crippen LogP contribution in [-0.2, 0) is 4.79 Å². The molecule has 0 unspecified atom stereocenters. The van der Waals surface area contributed by atoms with Crippen LogP contribution in [0.4, 0.5) is 0 Å². The van der Waals surface area contributed by atoms with Gasteiger partial charge >= 0.3 is 0 Å². The second-order valence-corrected chi connectivity index (χ2v) is 8.55. The number of likely N-dealkylation sites (N-methyl/N-ethyl adjacent to an activating group) is 1. The summed E-state index contributed by atoms with van der Waals surface area (Å²) >= 11 is 12.9. The zero-order valence-electron chi connectivity index (χ0n) is 16.9. The normalized spacial score (nSPS) is 15.1. The summed E-state index contributed by atoms with van der Waals surface area (Å²) in [5.41, 5.74) is 1.80. The van der Waals surface area contributed by atoms with Gasteiger partial charge in [-0.3, -0.25) is 9.69 Å². The summed E-state index contributed by atoms with van der Waals surface area (Å²) in [5, 5.41) is 0.398. The standard InChI is InChI=1S/C22H22ClNO4S2/c1-4-26-18-12-15(13-19-21(25)24(3)22(29)30-19)11-16(23)20(18)28-10-9-27-17-8-6-5-7-14(17)2/h5-8,11-13H,4,9-10H2,1-3H3. The SMILES string of the molecule is CCOc1cc(C=C2SC(=S)N(C)C2=O)cc(Cl)c1OCCOc1ccccc1C. The summed E-state index contributed by atoms with van der Waals surface area (Å²) in [6.45, 7) is 5.00. The second kappa shape index (κ2) is 10.2. The molecule has 1 saturated heterocycles. The number of thioether (sulfide) groups is 1. The van der Waals surface area contributed by atoms with Crippen molar-refractivity contribution in [1.29, 1.82) is 0 Å². The highest BCUT2D eigenvalue weighted by atomic mass is 35.5. The van der Waals surface area contributed by atoms with Gasteiger partial charge in [-0.1, -0.05) is 53.8 Å². The van der Waals surface area contributed by atoms with Crippen LogP contribution in [0.5, 0.6) is 17.2 Å². The fourth-order valence-corrected chi connectivity index (χ4v) is 4.24. The van der Waals surface area contributed by atoms with Gasteiger partial charge in [0.25, 0.3) is 5.91 Å². The van der Waals surface area contributed by atoms with Gasteiger partial charge in [0.15, 0.2) is 11.5 Å². The first-order chi connectivity index (χ1) is 14.4. The highest BCUT2D eigenvalue weighted by Crippen LogP contribution is 2.39. The van der Waals surface area contributed by atoms with Gasteiger partial charge in [0.05, 0.1) is 16.5 Å². The summed E-state index contributed by atoms with van der Waals surface area (Å²) in [4.78, 5) is 14.2. The van der Waals surface area contributed by atoms with Crippen molar-refractivity contribution in [2.24, 2.45) is 0 Å². The van der Waals surface area contributed by atoms with Gasteiger partial charge in [-0.2, -0.15) is 0 Å². The van der Waals surface area contributed by atoms with Gasteiger partial charge in [-0.15, -0.1) is 0 Å².